The Hall–Kier alpha value is -2.66. The molecule has 1 atom stereocenters. The Morgan fingerprint density at radius 1 is 1.07 bits per heavy atom. The van der Waals surface area contributed by atoms with Crippen molar-refractivity contribution in [1.29, 1.82) is 0 Å². The zero-order valence-electron chi connectivity index (χ0n) is 17.8. The van der Waals surface area contributed by atoms with Crippen LogP contribution in [0.1, 0.15) is 28.7 Å². The van der Waals surface area contributed by atoms with Crippen molar-refractivity contribution < 1.29 is 9.59 Å². The van der Waals surface area contributed by atoms with Crippen LogP contribution in [0.3, 0.4) is 0 Å². The van der Waals surface area contributed by atoms with Crippen molar-refractivity contribution in [1.82, 2.24) is 15.1 Å². The average Bonchev–Trinajstić information content (AvgIpc) is 3.24. The number of nitrogens with zero attached hydrogens (tertiary/aromatic N) is 2. The Balaban J connectivity index is 1.27. The molecular formula is C25H31N3O2. The van der Waals surface area contributed by atoms with Crippen molar-refractivity contribution in [2.24, 2.45) is 5.92 Å². The van der Waals surface area contributed by atoms with E-state index in [1.54, 1.807) is 4.90 Å². The van der Waals surface area contributed by atoms with Crippen LogP contribution in [-0.4, -0.2) is 54.3 Å². The molecule has 30 heavy (non-hydrogen) atoms. The van der Waals surface area contributed by atoms with E-state index in [1.807, 2.05) is 17.0 Å². The number of rotatable bonds is 6. The molecule has 4 rings (SSSR count). The molecular weight excluding hydrogens is 374 g/mol. The van der Waals surface area contributed by atoms with Crippen LogP contribution >= 0.6 is 0 Å². The zero-order chi connectivity index (χ0) is 20.9. The Labute approximate surface area is 179 Å². The van der Waals surface area contributed by atoms with Gasteiger partial charge in [-0.15, -0.1) is 0 Å². The summed E-state index contributed by atoms with van der Waals surface area (Å²) < 4.78 is 0. The SMILES string of the molecule is Cc1cccc(CN2CCN(C(=O)Cc3ccc(CC4CCNC4)cc3)CC2=O)c1. The largest absolute Gasteiger partial charge is 0.335 e. The van der Waals surface area contributed by atoms with E-state index < -0.39 is 0 Å². The van der Waals surface area contributed by atoms with Crippen molar-refractivity contribution in [2.75, 3.05) is 32.7 Å². The topological polar surface area (TPSA) is 52.6 Å². The minimum absolute atomic E-state index is 0.0247. The number of piperazine rings is 1. The van der Waals surface area contributed by atoms with Crippen molar-refractivity contribution in [3.8, 4) is 0 Å². The average molecular weight is 406 g/mol. The van der Waals surface area contributed by atoms with E-state index in [9.17, 15) is 9.59 Å². The molecule has 0 saturated carbocycles. The Kier molecular flexibility index (Phi) is 6.48. The van der Waals surface area contributed by atoms with Gasteiger partial charge in [0.25, 0.3) is 0 Å². The fourth-order valence-electron chi connectivity index (χ4n) is 4.42. The van der Waals surface area contributed by atoms with E-state index in [0.29, 0.717) is 26.1 Å². The number of carbonyl (C=O) groups excluding carboxylic acids is 2. The number of aryl methyl sites for hydroxylation is 1. The normalized spacial score (nSPS) is 19.4. The molecule has 2 amide bonds. The molecule has 2 aliphatic heterocycles. The second-order valence-corrected chi connectivity index (χ2v) is 8.68. The second-order valence-electron chi connectivity index (χ2n) is 8.68. The second kappa shape index (κ2) is 9.43. The van der Waals surface area contributed by atoms with Crippen LogP contribution in [0.5, 0.6) is 0 Å². The lowest BCUT2D eigenvalue weighted by atomic mass is 9.97. The predicted molar refractivity (Wildman–Crippen MR) is 118 cm³/mol. The van der Waals surface area contributed by atoms with Crippen LogP contribution in [0.4, 0.5) is 0 Å². The molecule has 2 aromatic carbocycles. The third-order valence-corrected chi connectivity index (χ3v) is 6.19. The Bertz CT molecular complexity index is 888. The molecule has 0 aliphatic carbocycles. The number of benzene rings is 2. The number of amides is 2. The summed E-state index contributed by atoms with van der Waals surface area (Å²) in [7, 11) is 0. The molecule has 0 spiro atoms. The molecule has 5 nitrogen and oxygen atoms in total. The van der Waals surface area contributed by atoms with Gasteiger partial charge in [-0.3, -0.25) is 9.59 Å². The quantitative estimate of drug-likeness (QED) is 0.804. The molecule has 1 unspecified atom stereocenters. The number of nitrogens with one attached hydrogen (secondary N) is 1. The zero-order valence-corrected chi connectivity index (χ0v) is 17.8. The minimum atomic E-state index is 0.0247. The third-order valence-electron chi connectivity index (χ3n) is 6.19. The van der Waals surface area contributed by atoms with Gasteiger partial charge in [0, 0.05) is 19.6 Å². The van der Waals surface area contributed by atoms with Crippen molar-refractivity contribution in [3.63, 3.8) is 0 Å². The summed E-state index contributed by atoms with van der Waals surface area (Å²) in [6.07, 6.45) is 2.69. The van der Waals surface area contributed by atoms with E-state index in [1.165, 1.54) is 17.5 Å². The molecule has 1 N–H and O–H groups in total. The van der Waals surface area contributed by atoms with Gasteiger partial charge in [0.05, 0.1) is 13.0 Å². The summed E-state index contributed by atoms with van der Waals surface area (Å²) in [5.41, 5.74) is 4.68. The number of hydrogen-bond donors (Lipinski definition) is 1. The Morgan fingerprint density at radius 3 is 2.57 bits per heavy atom. The number of carbonyl (C=O) groups is 2. The van der Waals surface area contributed by atoms with Crippen LogP contribution in [-0.2, 0) is 29.0 Å². The summed E-state index contributed by atoms with van der Waals surface area (Å²) in [4.78, 5) is 28.9. The molecule has 2 heterocycles. The highest BCUT2D eigenvalue weighted by atomic mass is 16.2. The maximum Gasteiger partial charge on any atom is 0.242 e. The third kappa shape index (κ3) is 5.28. The summed E-state index contributed by atoms with van der Waals surface area (Å²) in [6.45, 7) is 6.26. The van der Waals surface area contributed by atoms with Gasteiger partial charge < -0.3 is 15.1 Å². The summed E-state index contributed by atoms with van der Waals surface area (Å²) >= 11 is 0. The summed E-state index contributed by atoms with van der Waals surface area (Å²) in [6, 6.07) is 16.6. The first-order valence-corrected chi connectivity index (χ1v) is 11.0. The van der Waals surface area contributed by atoms with Crippen LogP contribution in [0, 0.1) is 12.8 Å². The van der Waals surface area contributed by atoms with E-state index >= 15 is 0 Å². The van der Waals surface area contributed by atoms with E-state index in [0.717, 1.165) is 36.6 Å². The van der Waals surface area contributed by atoms with Gasteiger partial charge in [-0.05, 0) is 55.5 Å². The molecule has 0 radical (unpaired) electrons. The molecule has 2 aromatic rings. The molecule has 2 saturated heterocycles. The van der Waals surface area contributed by atoms with Gasteiger partial charge in [-0.25, -0.2) is 0 Å². The van der Waals surface area contributed by atoms with Gasteiger partial charge in [0.2, 0.25) is 11.8 Å². The van der Waals surface area contributed by atoms with Crippen LogP contribution in [0.25, 0.3) is 0 Å². The molecule has 0 bridgehead atoms. The lowest BCUT2D eigenvalue weighted by Gasteiger charge is -2.34. The van der Waals surface area contributed by atoms with Gasteiger partial charge in [0.15, 0.2) is 0 Å². The highest BCUT2D eigenvalue weighted by molar-refractivity contribution is 5.87. The van der Waals surface area contributed by atoms with E-state index in [2.05, 4.69) is 48.6 Å². The van der Waals surface area contributed by atoms with Crippen molar-refractivity contribution >= 4 is 11.8 Å². The van der Waals surface area contributed by atoms with E-state index in [4.69, 9.17) is 0 Å². The van der Waals surface area contributed by atoms with Crippen molar-refractivity contribution in [2.45, 2.75) is 32.7 Å². The predicted octanol–water partition coefficient (Wildman–Crippen LogP) is 2.56. The van der Waals surface area contributed by atoms with Crippen molar-refractivity contribution in [3.05, 3.63) is 70.8 Å². The van der Waals surface area contributed by atoms with Gasteiger partial charge in [-0.1, -0.05) is 54.1 Å². The molecule has 158 valence electrons. The maximum atomic E-state index is 12.7. The molecule has 2 fully saturated rings. The first-order chi connectivity index (χ1) is 14.6. The standard InChI is InChI=1S/C25H31N3O2/c1-19-3-2-4-23(13-19)17-27-11-12-28(18-25(27)30)24(29)15-21-7-5-20(6-8-21)14-22-9-10-26-16-22/h2-8,13,22,26H,9-12,14-18H2,1H3. The van der Waals surface area contributed by atoms with Gasteiger partial charge in [-0.2, -0.15) is 0 Å². The summed E-state index contributed by atoms with van der Waals surface area (Å²) in [5, 5.41) is 3.41. The van der Waals surface area contributed by atoms with Crippen LogP contribution in [0.15, 0.2) is 48.5 Å². The van der Waals surface area contributed by atoms with Gasteiger partial charge >= 0.3 is 0 Å². The molecule has 5 heteroatoms. The highest BCUT2D eigenvalue weighted by Crippen LogP contribution is 2.17. The maximum absolute atomic E-state index is 12.7. The fraction of sp³-hybridized carbons (Fsp3) is 0.440. The minimum Gasteiger partial charge on any atom is -0.335 e. The van der Waals surface area contributed by atoms with E-state index in [-0.39, 0.29) is 18.4 Å². The smallest absolute Gasteiger partial charge is 0.242 e. The number of hydrogen-bond acceptors (Lipinski definition) is 3. The van der Waals surface area contributed by atoms with Gasteiger partial charge in [0.1, 0.15) is 0 Å². The fourth-order valence-corrected chi connectivity index (χ4v) is 4.42. The molecule has 0 aromatic heterocycles. The first-order valence-electron chi connectivity index (χ1n) is 11.0. The first kappa shape index (κ1) is 20.6. The monoisotopic (exact) mass is 405 g/mol. The lowest BCUT2D eigenvalue weighted by molar-refractivity contribution is -0.145. The van der Waals surface area contributed by atoms with Crippen LogP contribution < -0.4 is 5.32 Å². The highest BCUT2D eigenvalue weighted by Gasteiger charge is 2.27. The van der Waals surface area contributed by atoms with Crippen LogP contribution in [0.2, 0.25) is 0 Å². The lowest BCUT2D eigenvalue weighted by Crippen LogP contribution is -2.52. The molecule has 2 aliphatic rings. The summed E-state index contributed by atoms with van der Waals surface area (Å²) in [5.74, 6) is 0.780. The Morgan fingerprint density at radius 2 is 1.87 bits per heavy atom.